The molecule has 3 aromatic heterocycles. The van der Waals surface area contributed by atoms with E-state index in [9.17, 15) is 4.79 Å². The van der Waals surface area contributed by atoms with Gasteiger partial charge in [-0.1, -0.05) is 18.2 Å². The second-order valence-electron chi connectivity index (χ2n) is 5.56. The largest absolute Gasteiger partial charge is 0.352 e. The van der Waals surface area contributed by atoms with Crippen molar-refractivity contribution in [3.05, 3.63) is 53.1 Å². The number of aromatic amines is 1. The van der Waals surface area contributed by atoms with E-state index in [4.69, 9.17) is 0 Å². The highest BCUT2D eigenvalue weighted by Gasteiger charge is 2.17. The zero-order valence-corrected chi connectivity index (χ0v) is 12.3. The van der Waals surface area contributed by atoms with E-state index in [1.54, 1.807) is 17.0 Å². The van der Waals surface area contributed by atoms with Gasteiger partial charge in [0.05, 0.1) is 5.69 Å². The summed E-state index contributed by atoms with van der Waals surface area (Å²) >= 11 is 0. The molecule has 0 aliphatic carbocycles. The van der Waals surface area contributed by atoms with E-state index in [0.29, 0.717) is 11.5 Å². The fraction of sp³-hybridized carbons (Fsp3) is 0.188. The predicted molar refractivity (Wildman–Crippen MR) is 84.9 cm³/mol. The van der Waals surface area contributed by atoms with Gasteiger partial charge in [0.15, 0.2) is 5.82 Å². The van der Waals surface area contributed by atoms with Crippen LogP contribution in [0.4, 0.5) is 0 Å². The van der Waals surface area contributed by atoms with E-state index in [1.807, 2.05) is 44.2 Å². The first-order valence-corrected chi connectivity index (χ1v) is 7.19. The topological polar surface area (TPSA) is 68.0 Å². The summed E-state index contributed by atoms with van der Waals surface area (Å²) in [6.45, 7) is 3.93. The standard InChI is InChI=1S/C16H15N5O/c1-10(2)21-14(19-20-8-7-17-15(20)16(21)22)13-9-11-5-3-4-6-12(11)18-13/h3-10,18H,1-2H3. The molecule has 3 heterocycles. The summed E-state index contributed by atoms with van der Waals surface area (Å²) in [4.78, 5) is 20.1. The van der Waals surface area contributed by atoms with Crippen LogP contribution in [0.5, 0.6) is 0 Å². The van der Waals surface area contributed by atoms with Crippen LogP contribution < -0.4 is 5.56 Å². The van der Waals surface area contributed by atoms with E-state index in [2.05, 4.69) is 15.1 Å². The van der Waals surface area contributed by atoms with E-state index in [-0.39, 0.29) is 11.6 Å². The summed E-state index contributed by atoms with van der Waals surface area (Å²) in [6, 6.07) is 10.0. The SMILES string of the molecule is CC(C)n1c(-c2cc3ccccc3[nH]2)nn2ccnc2c1=O. The molecule has 110 valence electrons. The van der Waals surface area contributed by atoms with Crippen molar-refractivity contribution in [1.29, 1.82) is 0 Å². The van der Waals surface area contributed by atoms with Gasteiger partial charge in [-0.2, -0.15) is 0 Å². The third-order valence-corrected chi connectivity index (χ3v) is 3.75. The molecule has 0 atom stereocenters. The number of fused-ring (bicyclic) bond motifs is 2. The summed E-state index contributed by atoms with van der Waals surface area (Å²) in [5.41, 5.74) is 2.05. The van der Waals surface area contributed by atoms with Gasteiger partial charge in [0.1, 0.15) is 0 Å². The summed E-state index contributed by atoms with van der Waals surface area (Å²) < 4.78 is 3.20. The molecule has 1 aromatic carbocycles. The van der Waals surface area contributed by atoms with Crippen LogP contribution in [0.3, 0.4) is 0 Å². The Hall–Kier alpha value is -2.89. The average molecular weight is 293 g/mol. The first-order chi connectivity index (χ1) is 10.6. The molecule has 6 nitrogen and oxygen atoms in total. The minimum Gasteiger partial charge on any atom is -0.352 e. The van der Waals surface area contributed by atoms with Gasteiger partial charge < -0.3 is 4.98 Å². The molecule has 22 heavy (non-hydrogen) atoms. The average Bonchev–Trinajstić information content (AvgIpc) is 3.12. The molecular weight excluding hydrogens is 278 g/mol. The number of rotatable bonds is 2. The minimum atomic E-state index is -0.136. The first kappa shape index (κ1) is 12.8. The fourth-order valence-corrected chi connectivity index (χ4v) is 2.74. The van der Waals surface area contributed by atoms with Crippen LogP contribution in [0.1, 0.15) is 19.9 Å². The van der Waals surface area contributed by atoms with Gasteiger partial charge >= 0.3 is 0 Å². The number of hydrogen-bond donors (Lipinski definition) is 1. The lowest BCUT2D eigenvalue weighted by Crippen LogP contribution is -2.27. The van der Waals surface area contributed by atoms with Crippen LogP contribution >= 0.6 is 0 Å². The highest BCUT2D eigenvalue weighted by Crippen LogP contribution is 2.23. The van der Waals surface area contributed by atoms with Crippen molar-refractivity contribution in [2.75, 3.05) is 0 Å². The Morgan fingerprint density at radius 2 is 2.05 bits per heavy atom. The van der Waals surface area contributed by atoms with Crippen molar-refractivity contribution in [2.24, 2.45) is 0 Å². The number of benzene rings is 1. The van der Waals surface area contributed by atoms with Crippen molar-refractivity contribution in [3.63, 3.8) is 0 Å². The molecule has 4 rings (SSSR count). The fourth-order valence-electron chi connectivity index (χ4n) is 2.74. The van der Waals surface area contributed by atoms with Gasteiger partial charge in [-0.05, 0) is 26.0 Å². The summed E-state index contributed by atoms with van der Waals surface area (Å²) in [5, 5.41) is 5.66. The van der Waals surface area contributed by atoms with Crippen LogP contribution in [0.2, 0.25) is 0 Å². The summed E-state index contributed by atoms with van der Waals surface area (Å²) in [5.74, 6) is 0.613. The molecule has 0 aliphatic rings. The second-order valence-corrected chi connectivity index (χ2v) is 5.56. The second kappa shape index (κ2) is 4.56. The van der Waals surface area contributed by atoms with Gasteiger partial charge in [-0.25, -0.2) is 9.50 Å². The highest BCUT2D eigenvalue weighted by molar-refractivity contribution is 5.84. The third kappa shape index (κ3) is 1.77. The molecule has 0 amide bonds. The smallest absolute Gasteiger partial charge is 0.297 e. The maximum Gasteiger partial charge on any atom is 0.297 e. The lowest BCUT2D eigenvalue weighted by Gasteiger charge is -2.14. The van der Waals surface area contributed by atoms with Crippen molar-refractivity contribution in [1.82, 2.24) is 24.1 Å². The predicted octanol–water partition coefficient (Wildman–Crippen LogP) is 2.62. The van der Waals surface area contributed by atoms with Crippen LogP contribution in [-0.2, 0) is 0 Å². The molecule has 4 aromatic rings. The zero-order valence-electron chi connectivity index (χ0n) is 12.3. The molecular formula is C16H15N5O. The van der Waals surface area contributed by atoms with Gasteiger partial charge in [0, 0.05) is 29.3 Å². The number of nitrogens with one attached hydrogen (secondary N) is 1. The third-order valence-electron chi connectivity index (χ3n) is 3.75. The molecule has 0 bridgehead atoms. The van der Waals surface area contributed by atoms with E-state index >= 15 is 0 Å². The Bertz CT molecular complexity index is 1000. The Morgan fingerprint density at radius 1 is 1.23 bits per heavy atom. The Balaban J connectivity index is 2.08. The molecule has 1 N–H and O–H groups in total. The summed E-state index contributed by atoms with van der Waals surface area (Å²) in [7, 11) is 0. The van der Waals surface area contributed by atoms with Crippen LogP contribution in [0.15, 0.2) is 47.5 Å². The van der Waals surface area contributed by atoms with Crippen LogP contribution in [0.25, 0.3) is 28.1 Å². The number of H-pyrrole nitrogens is 1. The monoisotopic (exact) mass is 293 g/mol. The number of aromatic nitrogens is 5. The Labute approximate surface area is 126 Å². The van der Waals surface area contributed by atoms with Crippen molar-refractivity contribution >= 4 is 16.6 Å². The molecule has 0 spiro atoms. The Morgan fingerprint density at radius 3 is 2.82 bits per heavy atom. The van der Waals surface area contributed by atoms with Gasteiger partial charge in [-0.15, -0.1) is 5.10 Å². The number of hydrogen-bond acceptors (Lipinski definition) is 3. The lowest BCUT2D eigenvalue weighted by atomic mass is 10.2. The highest BCUT2D eigenvalue weighted by atomic mass is 16.1. The maximum atomic E-state index is 12.7. The van der Waals surface area contributed by atoms with Crippen molar-refractivity contribution in [3.8, 4) is 11.5 Å². The van der Waals surface area contributed by atoms with E-state index in [1.165, 1.54) is 4.52 Å². The molecule has 6 heteroatoms. The number of imidazole rings is 1. The lowest BCUT2D eigenvalue weighted by molar-refractivity contribution is 0.565. The molecule has 0 fully saturated rings. The van der Waals surface area contributed by atoms with Gasteiger partial charge in [-0.3, -0.25) is 9.36 Å². The van der Waals surface area contributed by atoms with Crippen molar-refractivity contribution < 1.29 is 0 Å². The Kier molecular flexibility index (Phi) is 2.66. The number of para-hydroxylation sites is 1. The maximum absolute atomic E-state index is 12.7. The quantitative estimate of drug-likeness (QED) is 0.617. The molecule has 0 saturated heterocycles. The van der Waals surface area contributed by atoms with Gasteiger partial charge in [0.2, 0.25) is 5.65 Å². The first-order valence-electron chi connectivity index (χ1n) is 7.19. The normalized spacial score (nSPS) is 11.8. The molecule has 0 aliphatic heterocycles. The molecule has 0 unspecified atom stereocenters. The van der Waals surface area contributed by atoms with Crippen molar-refractivity contribution in [2.45, 2.75) is 19.9 Å². The molecule has 0 saturated carbocycles. The zero-order chi connectivity index (χ0) is 15.3. The number of nitrogens with zero attached hydrogens (tertiary/aromatic N) is 4. The minimum absolute atomic E-state index is 0.0110. The van der Waals surface area contributed by atoms with E-state index < -0.39 is 0 Å². The van der Waals surface area contributed by atoms with Gasteiger partial charge in [0.25, 0.3) is 5.56 Å². The summed E-state index contributed by atoms with van der Waals surface area (Å²) in [6.07, 6.45) is 3.27. The van der Waals surface area contributed by atoms with E-state index in [0.717, 1.165) is 16.6 Å². The molecule has 0 radical (unpaired) electrons. The van der Waals surface area contributed by atoms with Crippen LogP contribution in [0, 0.1) is 0 Å². The van der Waals surface area contributed by atoms with Crippen LogP contribution in [-0.4, -0.2) is 24.1 Å².